The first-order valence-electron chi connectivity index (χ1n) is 8.04. The summed E-state index contributed by atoms with van der Waals surface area (Å²) in [6, 6.07) is 24.0. The van der Waals surface area contributed by atoms with Crippen LogP contribution in [0.15, 0.2) is 90.0 Å². The summed E-state index contributed by atoms with van der Waals surface area (Å²) >= 11 is 0. The summed E-state index contributed by atoms with van der Waals surface area (Å²) < 4.78 is 5.09. The lowest BCUT2D eigenvalue weighted by molar-refractivity contribution is -0.384. The highest BCUT2D eigenvalue weighted by Gasteiger charge is 2.10. The van der Waals surface area contributed by atoms with Crippen molar-refractivity contribution in [1.29, 1.82) is 0 Å². The Morgan fingerprint density at radius 3 is 1.85 bits per heavy atom. The van der Waals surface area contributed by atoms with E-state index in [1.54, 1.807) is 0 Å². The smallest absolute Gasteiger partial charge is 0.409 e. The highest BCUT2D eigenvalue weighted by Crippen LogP contribution is 2.17. The molecule has 1 N–H and O–H groups in total. The molecule has 0 aliphatic rings. The first-order chi connectivity index (χ1) is 13.1. The SMILES string of the molecule is O=C(NN=C(c1ccccc1)c1ccccc1)Oc1ccc([N+](=O)[O-])cc1. The van der Waals surface area contributed by atoms with Gasteiger partial charge in [0.1, 0.15) is 5.75 Å². The zero-order valence-corrected chi connectivity index (χ0v) is 14.1. The van der Waals surface area contributed by atoms with Crippen LogP contribution in [-0.4, -0.2) is 16.7 Å². The zero-order chi connectivity index (χ0) is 19.1. The van der Waals surface area contributed by atoms with Crippen LogP contribution in [0.1, 0.15) is 11.1 Å². The summed E-state index contributed by atoms with van der Waals surface area (Å²) in [5, 5.41) is 14.8. The predicted molar refractivity (Wildman–Crippen MR) is 101 cm³/mol. The van der Waals surface area contributed by atoms with Crippen molar-refractivity contribution in [2.45, 2.75) is 0 Å². The van der Waals surface area contributed by atoms with E-state index in [9.17, 15) is 14.9 Å². The van der Waals surface area contributed by atoms with E-state index in [1.807, 2.05) is 60.7 Å². The van der Waals surface area contributed by atoms with Gasteiger partial charge < -0.3 is 4.74 Å². The number of benzene rings is 3. The molecule has 0 heterocycles. The van der Waals surface area contributed by atoms with Crippen LogP contribution in [0.4, 0.5) is 10.5 Å². The molecule has 3 rings (SSSR count). The van der Waals surface area contributed by atoms with Crippen LogP contribution >= 0.6 is 0 Å². The number of ether oxygens (including phenoxy) is 1. The minimum Gasteiger partial charge on any atom is -0.409 e. The van der Waals surface area contributed by atoms with Gasteiger partial charge in [-0.15, -0.1) is 0 Å². The number of hydrazone groups is 1. The molecule has 0 unspecified atom stereocenters. The van der Waals surface area contributed by atoms with E-state index in [-0.39, 0.29) is 11.4 Å². The van der Waals surface area contributed by atoms with Crippen LogP contribution < -0.4 is 10.2 Å². The Kier molecular flexibility index (Phi) is 5.54. The van der Waals surface area contributed by atoms with Crippen LogP contribution in [0.25, 0.3) is 0 Å². The number of non-ortho nitro benzene ring substituents is 1. The van der Waals surface area contributed by atoms with Gasteiger partial charge in [-0.05, 0) is 12.1 Å². The number of nitro benzene ring substituents is 1. The highest BCUT2D eigenvalue weighted by atomic mass is 16.6. The normalized spacial score (nSPS) is 9.93. The van der Waals surface area contributed by atoms with Crippen molar-refractivity contribution in [3.05, 3.63) is 106 Å². The van der Waals surface area contributed by atoms with Gasteiger partial charge >= 0.3 is 6.09 Å². The van der Waals surface area contributed by atoms with E-state index >= 15 is 0 Å². The summed E-state index contributed by atoms with van der Waals surface area (Å²) in [7, 11) is 0. The third-order valence-corrected chi connectivity index (χ3v) is 3.61. The maximum absolute atomic E-state index is 12.0. The fourth-order valence-corrected chi connectivity index (χ4v) is 2.36. The maximum Gasteiger partial charge on any atom is 0.433 e. The van der Waals surface area contributed by atoms with Crippen LogP contribution in [0.5, 0.6) is 5.75 Å². The van der Waals surface area contributed by atoms with Gasteiger partial charge in [0.15, 0.2) is 0 Å². The van der Waals surface area contributed by atoms with E-state index in [1.165, 1.54) is 24.3 Å². The number of rotatable bonds is 5. The van der Waals surface area contributed by atoms with Gasteiger partial charge in [-0.3, -0.25) is 10.1 Å². The van der Waals surface area contributed by atoms with Gasteiger partial charge in [0.05, 0.1) is 10.6 Å². The molecule has 0 aliphatic heterocycles. The molecule has 0 aliphatic carbocycles. The van der Waals surface area contributed by atoms with Gasteiger partial charge in [-0.2, -0.15) is 5.10 Å². The molecule has 0 atom stereocenters. The maximum atomic E-state index is 12.0. The van der Waals surface area contributed by atoms with E-state index in [0.29, 0.717) is 5.71 Å². The third-order valence-electron chi connectivity index (χ3n) is 3.61. The number of nitrogens with zero attached hydrogens (tertiary/aromatic N) is 2. The largest absolute Gasteiger partial charge is 0.433 e. The van der Waals surface area contributed by atoms with E-state index in [4.69, 9.17) is 4.74 Å². The fourth-order valence-electron chi connectivity index (χ4n) is 2.36. The van der Waals surface area contributed by atoms with Gasteiger partial charge in [0.2, 0.25) is 0 Å². The van der Waals surface area contributed by atoms with E-state index in [0.717, 1.165) is 11.1 Å². The topological polar surface area (TPSA) is 93.8 Å². The van der Waals surface area contributed by atoms with Gasteiger partial charge in [-0.25, -0.2) is 10.2 Å². The molecule has 0 saturated carbocycles. The minimum absolute atomic E-state index is 0.0868. The second-order valence-electron chi connectivity index (χ2n) is 5.44. The Labute approximate surface area is 155 Å². The monoisotopic (exact) mass is 361 g/mol. The molecule has 0 fully saturated rings. The van der Waals surface area contributed by atoms with E-state index in [2.05, 4.69) is 10.5 Å². The van der Waals surface area contributed by atoms with Crippen LogP contribution in [-0.2, 0) is 0 Å². The Balaban J connectivity index is 1.76. The molecule has 0 spiro atoms. The van der Waals surface area contributed by atoms with Crippen molar-refractivity contribution in [1.82, 2.24) is 5.43 Å². The number of hydrogen-bond donors (Lipinski definition) is 1. The number of nitro groups is 1. The van der Waals surface area contributed by atoms with Crippen molar-refractivity contribution in [2.75, 3.05) is 0 Å². The molecule has 27 heavy (non-hydrogen) atoms. The van der Waals surface area contributed by atoms with Crippen molar-refractivity contribution in [3.8, 4) is 5.75 Å². The number of carbonyl (C=O) groups excluding carboxylic acids is 1. The second kappa shape index (κ2) is 8.39. The highest BCUT2D eigenvalue weighted by molar-refractivity contribution is 6.13. The lowest BCUT2D eigenvalue weighted by Crippen LogP contribution is -2.24. The summed E-state index contributed by atoms with van der Waals surface area (Å²) in [5.74, 6) is 0.175. The Morgan fingerprint density at radius 2 is 1.37 bits per heavy atom. The number of hydrogen-bond acceptors (Lipinski definition) is 5. The molecular weight excluding hydrogens is 346 g/mol. The van der Waals surface area contributed by atoms with Crippen LogP contribution in [0.3, 0.4) is 0 Å². The second-order valence-corrected chi connectivity index (χ2v) is 5.44. The van der Waals surface area contributed by atoms with Crippen molar-refractivity contribution >= 4 is 17.5 Å². The quantitative estimate of drug-likeness (QED) is 0.420. The molecule has 7 heteroatoms. The average molecular weight is 361 g/mol. The summed E-state index contributed by atoms with van der Waals surface area (Å²) in [6.07, 6.45) is -0.798. The van der Waals surface area contributed by atoms with Crippen LogP contribution in [0, 0.1) is 10.1 Å². The molecule has 0 radical (unpaired) electrons. The molecular formula is C20H15N3O4. The first-order valence-corrected chi connectivity index (χ1v) is 8.04. The molecule has 0 aromatic heterocycles. The lowest BCUT2D eigenvalue weighted by Gasteiger charge is -2.08. The first kappa shape index (κ1) is 17.8. The molecule has 3 aromatic carbocycles. The lowest BCUT2D eigenvalue weighted by atomic mass is 10.0. The molecule has 0 bridgehead atoms. The molecule has 3 aromatic rings. The Hall–Kier alpha value is -4.00. The molecule has 134 valence electrons. The Bertz CT molecular complexity index is 914. The molecule has 7 nitrogen and oxygen atoms in total. The van der Waals surface area contributed by atoms with Crippen molar-refractivity contribution in [3.63, 3.8) is 0 Å². The third kappa shape index (κ3) is 4.76. The molecule has 0 saturated heterocycles. The van der Waals surface area contributed by atoms with Gasteiger partial charge in [0, 0.05) is 23.3 Å². The fraction of sp³-hybridized carbons (Fsp3) is 0. The van der Waals surface area contributed by atoms with Gasteiger partial charge in [0.25, 0.3) is 5.69 Å². The standard InChI is InChI=1S/C20H15N3O4/c24-20(27-18-13-11-17(12-14-18)23(25)26)22-21-19(15-7-3-1-4-8-15)16-9-5-2-6-10-16/h1-14H,(H,22,24). The Morgan fingerprint density at radius 1 is 0.852 bits per heavy atom. The van der Waals surface area contributed by atoms with Crippen molar-refractivity contribution in [2.24, 2.45) is 5.10 Å². The zero-order valence-electron chi connectivity index (χ0n) is 14.1. The molecule has 1 amide bonds. The summed E-state index contributed by atoms with van der Waals surface area (Å²) in [6.45, 7) is 0. The number of nitrogens with one attached hydrogen (secondary N) is 1. The summed E-state index contributed by atoms with van der Waals surface area (Å²) in [5.41, 5.74) is 4.52. The van der Waals surface area contributed by atoms with Crippen molar-refractivity contribution < 1.29 is 14.5 Å². The van der Waals surface area contributed by atoms with Crippen LogP contribution in [0.2, 0.25) is 0 Å². The number of amides is 1. The van der Waals surface area contributed by atoms with E-state index < -0.39 is 11.0 Å². The minimum atomic E-state index is -0.798. The predicted octanol–water partition coefficient (Wildman–Crippen LogP) is 4.14. The average Bonchev–Trinajstić information content (AvgIpc) is 2.70. The summed E-state index contributed by atoms with van der Waals surface area (Å²) in [4.78, 5) is 22.1. The van der Waals surface area contributed by atoms with Gasteiger partial charge in [-0.1, -0.05) is 60.7 Å². The number of carbonyl (C=O) groups is 1.